The Balaban J connectivity index is 3.16. The largest absolute Gasteiger partial charge is 0.481 e. The van der Waals surface area contributed by atoms with Crippen LogP contribution in [-0.4, -0.2) is 23.2 Å². The zero-order chi connectivity index (χ0) is 12.3. The number of carbonyl (C=O) groups is 1. The highest BCUT2D eigenvalue weighted by atomic mass is 19.4. The van der Waals surface area contributed by atoms with E-state index in [1.165, 1.54) is 0 Å². The number of aromatic nitrogens is 1. The number of nitrogens with zero attached hydrogens (tertiary/aromatic N) is 1. The van der Waals surface area contributed by atoms with Crippen LogP contribution < -0.4 is 4.74 Å². The second kappa shape index (κ2) is 4.38. The van der Waals surface area contributed by atoms with Crippen LogP contribution in [0.5, 0.6) is 5.88 Å². The number of aliphatic carboxylic acids is 1. The van der Waals surface area contributed by atoms with Crippen LogP contribution in [0.3, 0.4) is 0 Å². The fourth-order valence-electron chi connectivity index (χ4n) is 1.13. The Hall–Kier alpha value is -1.79. The number of hydrogen-bond acceptors (Lipinski definition) is 3. The number of halogens is 3. The van der Waals surface area contributed by atoms with Crippen LogP contribution in [0.25, 0.3) is 0 Å². The third kappa shape index (κ3) is 2.85. The predicted molar refractivity (Wildman–Crippen MR) is 47.1 cm³/mol. The van der Waals surface area contributed by atoms with Crippen LogP contribution in [0.15, 0.2) is 12.3 Å². The fourth-order valence-corrected chi connectivity index (χ4v) is 1.13. The summed E-state index contributed by atoms with van der Waals surface area (Å²) in [6.07, 6.45) is -4.09. The Morgan fingerprint density at radius 2 is 2.19 bits per heavy atom. The molecule has 0 amide bonds. The third-order valence-corrected chi connectivity index (χ3v) is 1.76. The topological polar surface area (TPSA) is 59.4 Å². The highest BCUT2D eigenvalue weighted by Crippen LogP contribution is 2.35. The maximum Gasteiger partial charge on any atom is 0.421 e. The van der Waals surface area contributed by atoms with Crippen molar-refractivity contribution >= 4 is 5.97 Å². The Morgan fingerprint density at radius 3 is 2.62 bits per heavy atom. The van der Waals surface area contributed by atoms with Gasteiger partial charge in [0.05, 0.1) is 13.5 Å². The molecule has 1 N–H and O–H groups in total. The minimum Gasteiger partial charge on any atom is -0.481 e. The molecule has 0 atom stereocenters. The Labute approximate surface area is 88.7 Å². The fraction of sp³-hybridized carbons (Fsp3) is 0.333. The van der Waals surface area contributed by atoms with Crippen molar-refractivity contribution in [2.45, 2.75) is 12.6 Å². The van der Waals surface area contributed by atoms with Gasteiger partial charge in [-0.15, -0.1) is 0 Å². The molecule has 7 heteroatoms. The molecular weight excluding hydrogens is 227 g/mol. The first-order valence-corrected chi connectivity index (χ1v) is 4.16. The number of rotatable bonds is 3. The van der Waals surface area contributed by atoms with Gasteiger partial charge in [0, 0.05) is 6.20 Å². The lowest BCUT2D eigenvalue weighted by molar-refractivity contribution is -0.140. The van der Waals surface area contributed by atoms with Crippen LogP contribution in [-0.2, 0) is 17.4 Å². The standard InChI is InChI=1S/C9H8F3NO3/c1-16-8-6(9(10,11)12)2-5(4-13-8)3-7(14)15/h2,4H,3H2,1H3,(H,14,15). The van der Waals surface area contributed by atoms with Gasteiger partial charge in [-0.2, -0.15) is 13.2 Å². The summed E-state index contributed by atoms with van der Waals surface area (Å²) < 4.78 is 41.9. The second-order valence-corrected chi connectivity index (χ2v) is 2.97. The smallest absolute Gasteiger partial charge is 0.421 e. The Morgan fingerprint density at radius 1 is 1.56 bits per heavy atom. The van der Waals surface area contributed by atoms with Crippen LogP contribution in [0.2, 0.25) is 0 Å². The molecule has 0 aromatic carbocycles. The maximum absolute atomic E-state index is 12.5. The lowest BCUT2D eigenvalue weighted by Crippen LogP contribution is -2.11. The molecule has 0 unspecified atom stereocenters. The van der Waals surface area contributed by atoms with Gasteiger partial charge >= 0.3 is 12.1 Å². The lowest BCUT2D eigenvalue weighted by atomic mass is 10.1. The molecule has 0 saturated heterocycles. The summed E-state index contributed by atoms with van der Waals surface area (Å²) in [5.41, 5.74) is -1.10. The number of alkyl halides is 3. The molecule has 0 spiro atoms. The van der Waals surface area contributed by atoms with E-state index in [1.54, 1.807) is 0 Å². The van der Waals surface area contributed by atoms with Gasteiger partial charge in [-0.3, -0.25) is 4.79 Å². The molecule has 1 heterocycles. The average Bonchev–Trinajstić information content (AvgIpc) is 2.15. The molecule has 1 aromatic heterocycles. The van der Waals surface area contributed by atoms with Crippen molar-refractivity contribution in [2.24, 2.45) is 0 Å². The molecule has 0 fully saturated rings. The number of methoxy groups -OCH3 is 1. The van der Waals surface area contributed by atoms with Gasteiger partial charge in [0.1, 0.15) is 5.56 Å². The number of hydrogen-bond donors (Lipinski definition) is 1. The van der Waals surface area contributed by atoms with Crippen molar-refractivity contribution in [3.8, 4) is 5.88 Å². The number of carboxylic acid groups (broad SMARTS) is 1. The second-order valence-electron chi connectivity index (χ2n) is 2.97. The van der Waals surface area contributed by atoms with E-state index < -0.39 is 30.0 Å². The molecule has 0 aliphatic carbocycles. The van der Waals surface area contributed by atoms with Crippen LogP contribution in [0.4, 0.5) is 13.2 Å². The molecule has 88 valence electrons. The van der Waals surface area contributed by atoms with E-state index in [-0.39, 0.29) is 5.56 Å². The quantitative estimate of drug-likeness (QED) is 0.866. The van der Waals surface area contributed by atoms with E-state index >= 15 is 0 Å². The van der Waals surface area contributed by atoms with Crippen molar-refractivity contribution in [1.82, 2.24) is 4.98 Å². The van der Waals surface area contributed by atoms with Crippen molar-refractivity contribution in [1.29, 1.82) is 0 Å². The zero-order valence-corrected chi connectivity index (χ0v) is 8.21. The van der Waals surface area contributed by atoms with Gasteiger partial charge in [0.15, 0.2) is 0 Å². The van der Waals surface area contributed by atoms with E-state index in [0.29, 0.717) is 0 Å². The van der Waals surface area contributed by atoms with E-state index in [4.69, 9.17) is 5.11 Å². The molecule has 0 aliphatic heterocycles. The minimum absolute atomic E-state index is 0.0272. The van der Waals surface area contributed by atoms with E-state index in [1.807, 2.05) is 0 Å². The van der Waals surface area contributed by atoms with Crippen molar-refractivity contribution in [3.63, 3.8) is 0 Å². The molecule has 1 rings (SSSR count). The summed E-state index contributed by atoms with van der Waals surface area (Å²) in [7, 11) is 1.06. The van der Waals surface area contributed by atoms with Crippen LogP contribution in [0.1, 0.15) is 11.1 Å². The normalized spacial score (nSPS) is 11.2. The molecule has 16 heavy (non-hydrogen) atoms. The number of carboxylic acids is 1. The highest BCUT2D eigenvalue weighted by Gasteiger charge is 2.35. The molecule has 0 saturated carbocycles. The van der Waals surface area contributed by atoms with Gasteiger partial charge in [0.2, 0.25) is 5.88 Å². The molecule has 0 aliphatic rings. The van der Waals surface area contributed by atoms with Gasteiger partial charge < -0.3 is 9.84 Å². The van der Waals surface area contributed by atoms with Crippen molar-refractivity contribution in [3.05, 3.63) is 23.4 Å². The third-order valence-electron chi connectivity index (χ3n) is 1.76. The first-order valence-electron chi connectivity index (χ1n) is 4.16. The average molecular weight is 235 g/mol. The lowest BCUT2D eigenvalue weighted by Gasteiger charge is -2.11. The summed E-state index contributed by atoms with van der Waals surface area (Å²) >= 11 is 0. The first-order chi connectivity index (χ1) is 7.34. The maximum atomic E-state index is 12.5. The van der Waals surface area contributed by atoms with Gasteiger partial charge in [-0.25, -0.2) is 4.98 Å². The van der Waals surface area contributed by atoms with Gasteiger partial charge in [-0.1, -0.05) is 0 Å². The molecule has 0 radical (unpaired) electrons. The zero-order valence-electron chi connectivity index (χ0n) is 8.21. The summed E-state index contributed by atoms with van der Waals surface area (Å²) in [5.74, 6) is -1.79. The van der Waals surface area contributed by atoms with E-state index in [9.17, 15) is 18.0 Å². The first kappa shape index (κ1) is 12.3. The van der Waals surface area contributed by atoms with Gasteiger partial charge in [-0.05, 0) is 11.6 Å². The van der Waals surface area contributed by atoms with Gasteiger partial charge in [0.25, 0.3) is 0 Å². The van der Waals surface area contributed by atoms with Crippen molar-refractivity contribution in [2.75, 3.05) is 7.11 Å². The van der Waals surface area contributed by atoms with Crippen LogP contribution >= 0.6 is 0 Å². The number of pyridine rings is 1. The SMILES string of the molecule is COc1ncc(CC(=O)O)cc1C(F)(F)F. The Kier molecular flexibility index (Phi) is 3.36. The molecule has 4 nitrogen and oxygen atoms in total. The summed E-state index contributed by atoms with van der Waals surface area (Å²) in [4.78, 5) is 13.8. The summed E-state index contributed by atoms with van der Waals surface area (Å²) in [6, 6.07) is 0.722. The monoisotopic (exact) mass is 235 g/mol. The Bertz CT molecular complexity index is 403. The number of ether oxygens (including phenoxy) is 1. The highest BCUT2D eigenvalue weighted by molar-refractivity contribution is 5.70. The summed E-state index contributed by atoms with van der Waals surface area (Å²) in [5, 5.41) is 8.45. The predicted octanol–water partition coefficient (Wildman–Crippen LogP) is 1.74. The molecule has 1 aromatic rings. The molecular formula is C9H8F3NO3. The van der Waals surface area contributed by atoms with E-state index in [2.05, 4.69) is 9.72 Å². The summed E-state index contributed by atoms with van der Waals surface area (Å²) in [6.45, 7) is 0. The van der Waals surface area contributed by atoms with Crippen molar-refractivity contribution < 1.29 is 27.8 Å². The molecule has 0 bridgehead atoms. The van der Waals surface area contributed by atoms with E-state index in [0.717, 1.165) is 19.4 Å². The minimum atomic E-state index is -4.62. The van der Waals surface area contributed by atoms with Crippen LogP contribution in [0, 0.1) is 0 Å².